The van der Waals surface area contributed by atoms with E-state index in [2.05, 4.69) is 39.5 Å². The number of hydrogen-bond donors (Lipinski definition) is 2. The minimum absolute atomic E-state index is 0.0931. The molecule has 6 aliphatic rings. The maximum absolute atomic E-state index is 13.3. The van der Waals surface area contributed by atoms with Crippen molar-refractivity contribution in [1.29, 1.82) is 0 Å². The number of para-hydroxylation sites is 1. The normalized spacial score (nSPS) is 22.3. The average molecular weight is 935 g/mol. The van der Waals surface area contributed by atoms with Gasteiger partial charge in [-0.1, -0.05) is 18.2 Å². The monoisotopic (exact) mass is 934 g/mol. The molecule has 3 aromatic carbocycles. The number of piperidine rings is 4. The molecule has 17 nitrogen and oxygen atoms in total. The first kappa shape index (κ1) is 45.2. The largest absolute Gasteiger partial charge is 0.457 e. The summed E-state index contributed by atoms with van der Waals surface area (Å²) in [7, 11) is 0. The highest BCUT2D eigenvalue weighted by Crippen LogP contribution is 2.37. The minimum atomic E-state index is -0.982. The number of likely N-dealkylation sites (tertiary alicyclic amines) is 4. The highest BCUT2D eigenvalue weighted by atomic mass is 16.5. The molecule has 6 fully saturated rings. The fourth-order valence-corrected chi connectivity index (χ4v) is 11.8. The molecule has 1 atom stereocenters. The van der Waals surface area contributed by atoms with Gasteiger partial charge in [-0.3, -0.25) is 44.1 Å². The first-order valence-electron chi connectivity index (χ1n) is 24.9. The van der Waals surface area contributed by atoms with Gasteiger partial charge in [-0.05, 0) is 125 Å². The van der Waals surface area contributed by atoms with Gasteiger partial charge < -0.3 is 20.3 Å². The lowest BCUT2D eigenvalue weighted by Crippen LogP contribution is -2.65. The summed E-state index contributed by atoms with van der Waals surface area (Å²) in [4.78, 5) is 72.5. The van der Waals surface area contributed by atoms with E-state index >= 15 is 0 Å². The van der Waals surface area contributed by atoms with Crippen molar-refractivity contribution in [3.63, 3.8) is 0 Å². The number of fused-ring (bicyclic) bond motifs is 1. The number of anilines is 2. The number of rotatable bonds is 12. The number of amides is 4. The van der Waals surface area contributed by atoms with Crippen molar-refractivity contribution in [1.82, 2.24) is 49.6 Å². The fourth-order valence-electron chi connectivity index (χ4n) is 11.8. The number of ether oxygens (including phenoxy) is 1. The SMILES string of the molecule is Cc1cc(N2CC(N3CCC(N4CCC(N5CC(N6CCC(n7nc(-c8ccc(Oc9ccccc9)cc8)c8c(N)ncnc87)CC6)C5)CC4)CC3)C2)ccc1C(=O)N(C=O)C1CCC(=O)NC1=O. The van der Waals surface area contributed by atoms with Crippen LogP contribution in [0, 0.1) is 6.92 Å². The number of aromatic nitrogens is 4. The standard InChI is InChI=1S/C52H62N12O5/c1-34-27-39(9-12-44(34)52(68)63(33-65)45-13-14-46(66)56-51(45)67)62-30-41(31-62)59-23-15-36(16-24-59)58-21-17-37(18-22-58)61-28-40(29-61)60-25-19-38(20-26-60)64-50-47(49(53)54-32-55-50)48(57-64)35-7-10-43(11-8-35)69-42-5-3-2-4-6-42/h2-12,27,32-33,36-38,40-41,45H,13-26,28-31H2,1H3,(H2,53,54,55)(H,56,66,67). The van der Waals surface area contributed by atoms with E-state index in [1.54, 1.807) is 12.4 Å². The predicted octanol–water partition coefficient (Wildman–Crippen LogP) is 4.72. The van der Waals surface area contributed by atoms with Crippen LogP contribution in [0.15, 0.2) is 79.1 Å². The number of carbonyl (C=O) groups excluding carboxylic acids is 4. The Kier molecular flexibility index (Phi) is 12.6. The van der Waals surface area contributed by atoms with Gasteiger partial charge in [0.25, 0.3) is 5.91 Å². The van der Waals surface area contributed by atoms with E-state index in [9.17, 15) is 19.2 Å². The van der Waals surface area contributed by atoms with Crippen molar-refractivity contribution in [3.05, 3.63) is 90.3 Å². The number of nitrogens with one attached hydrogen (secondary N) is 1. The minimum Gasteiger partial charge on any atom is -0.457 e. The summed E-state index contributed by atoms with van der Waals surface area (Å²) in [6.45, 7) is 12.8. The topological polar surface area (TPSA) is 179 Å². The molecule has 6 saturated heterocycles. The van der Waals surface area contributed by atoms with E-state index in [0.717, 1.165) is 102 Å². The van der Waals surface area contributed by atoms with Gasteiger partial charge in [-0.25, -0.2) is 14.6 Å². The van der Waals surface area contributed by atoms with E-state index < -0.39 is 17.9 Å². The smallest absolute Gasteiger partial charge is 0.261 e. The molecule has 69 heavy (non-hydrogen) atoms. The highest BCUT2D eigenvalue weighted by molar-refractivity contribution is 6.07. The van der Waals surface area contributed by atoms with Gasteiger partial charge in [0.15, 0.2) is 5.65 Å². The summed E-state index contributed by atoms with van der Waals surface area (Å²) in [6, 6.07) is 25.2. The van der Waals surface area contributed by atoms with Gasteiger partial charge in [0, 0.05) is 99.8 Å². The van der Waals surface area contributed by atoms with Crippen LogP contribution in [0.4, 0.5) is 11.5 Å². The van der Waals surface area contributed by atoms with Gasteiger partial charge in [0.05, 0.1) is 11.4 Å². The maximum atomic E-state index is 13.3. The van der Waals surface area contributed by atoms with Gasteiger partial charge >= 0.3 is 0 Å². The van der Waals surface area contributed by atoms with Crippen LogP contribution in [0.1, 0.15) is 73.3 Å². The lowest BCUT2D eigenvalue weighted by molar-refractivity contribution is -0.139. The predicted molar refractivity (Wildman–Crippen MR) is 262 cm³/mol. The van der Waals surface area contributed by atoms with Crippen LogP contribution in [0.5, 0.6) is 11.5 Å². The second-order valence-corrected chi connectivity index (χ2v) is 19.9. The van der Waals surface area contributed by atoms with Gasteiger partial charge in [0.1, 0.15) is 35.4 Å². The second-order valence-electron chi connectivity index (χ2n) is 19.9. The Balaban J connectivity index is 0.605. The molecule has 1 unspecified atom stereocenters. The Morgan fingerprint density at radius 2 is 1.33 bits per heavy atom. The number of hydrogen-bond acceptors (Lipinski definition) is 14. The van der Waals surface area contributed by atoms with Crippen LogP contribution < -0.4 is 20.7 Å². The molecule has 2 aromatic heterocycles. The average Bonchev–Trinajstić information content (AvgIpc) is 3.74. The van der Waals surface area contributed by atoms with Crippen LogP contribution in [0.2, 0.25) is 0 Å². The van der Waals surface area contributed by atoms with Crippen molar-refractivity contribution in [2.24, 2.45) is 0 Å². The molecule has 17 heteroatoms. The van der Waals surface area contributed by atoms with E-state index in [-0.39, 0.29) is 24.8 Å². The van der Waals surface area contributed by atoms with Gasteiger partial charge in [-0.15, -0.1) is 0 Å². The molecule has 11 rings (SSSR count). The first-order chi connectivity index (χ1) is 33.7. The van der Waals surface area contributed by atoms with Crippen molar-refractivity contribution in [2.45, 2.75) is 94.5 Å². The zero-order chi connectivity index (χ0) is 47.2. The van der Waals surface area contributed by atoms with E-state index in [4.69, 9.17) is 20.6 Å². The molecule has 0 spiro atoms. The molecule has 0 aliphatic carbocycles. The Bertz CT molecular complexity index is 2680. The number of benzene rings is 3. The number of nitrogens with two attached hydrogens (primary N) is 1. The van der Waals surface area contributed by atoms with Crippen LogP contribution in [0.25, 0.3) is 22.3 Å². The molecule has 360 valence electrons. The quantitative estimate of drug-likeness (QED) is 0.130. The van der Waals surface area contributed by atoms with E-state index in [0.29, 0.717) is 42.0 Å². The molecular weight excluding hydrogens is 873 g/mol. The molecular formula is C52H62N12O5. The van der Waals surface area contributed by atoms with Crippen molar-refractivity contribution in [2.75, 3.05) is 76.1 Å². The number of imide groups is 2. The number of nitrogen functional groups attached to an aromatic ring is 1. The zero-order valence-electron chi connectivity index (χ0n) is 39.4. The van der Waals surface area contributed by atoms with Crippen molar-refractivity contribution in [3.8, 4) is 22.8 Å². The summed E-state index contributed by atoms with van der Waals surface area (Å²) in [5.74, 6) is 0.474. The summed E-state index contributed by atoms with van der Waals surface area (Å²) in [6.07, 6.45) is 9.15. The molecule has 5 aromatic rings. The first-order valence-corrected chi connectivity index (χ1v) is 24.9. The Morgan fingerprint density at radius 3 is 1.97 bits per heavy atom. The van der Waals surface area contributed by atoms with Crippen LogP contribution in [-0.2, 0) is 14.4 Å². The summed E-state index contributed by atoms with van der Waals surface area (Å²) in [5, 5.41) is 8.20. The lowest BCUT2D eigenvalue weighted by Gasteiger charge is -2.53. The van der Waals surface area contributed by atoms with Crippen LogP contribution in [0.3, 0.4) is 0 Å². The molecule has 0 radical (unpaired) electrons. The molecule has 0 bridgehead atoms. The van der Waals surface area contributed by atoms with Crippen LogP contribution in [-0.4, -0.2) is 164 Å². The summed E-state index contributed by atoms with van der Waals surface area (Å²) >= 11 is 0. The zero-order valence-corrected chi connectivity index (χ0v) is 39.4. The third-order valence-electron chi connectivity index (χ3n) is 16.0. The number of nitrogens with zero attached hydrogens (tertiary/aromatic N) is 10. The molecule has 3 N–H and O–H groups in total. The van der Waals surface area contributed by atoms with Crippen molar-refractivity contribution >= 4 is 46.7 Å². The third-order valence-corrected chi connectivity index (χ3v) is 16.0. The fraction of sp³-hybridized carbons (Fsp3) is 0.481. The van der Waals surface area contributed by atoms with Gasteiger partial charge in [0.2, 0.25) is 18.2 Å². The number of aryl methyl sites for hydroxylation is 1. The third kappa shape index (κ3) is 9.08. The summed E-state index contributed by atoms with van der Waals surface area (Å²) in [5.41, 5.74) is 11.2. The Labute approximate surface area is 402 Å². The lowest BCUT2D eigenvalue weighted by atomic mass is 9.92. The molecule has 8 heterocycles. The molecule has 0 saturated carbocycles. The molecule has 4 amide bonds. The Hall–Kier alpha value is -6.27. The van der Waals surface area contributed by atoms with Crippen LogP contribution >= 0.6 is 0 Å². The summed E-state index contributed by atoms with van der Waals surface area (Å²) < 4.78 is 8.14. The van der Waals surface area contributed by atoms with E-state index in [1.165, 1.54) is 51.9 Å². The van der Waals surface area contributed by atoms with Gasteiger partial charge in [-0.2, -0.15) is 5.10 Å². The Morgan fingerprint density at radius 1 is 0.725 bits per heavy atom. The highest BCUT2D eigenvalue weighted by Gasteiger charge is 2.41. The second kappa shape index (κ2) is 19.3. The van der Waals surface area contributed by atoms with E-state index in [1.807, 2.05) is 73.7 Å². The molecule has 6 aliphatic heterocycles. The number of carbonyl (C=O) groups is 4. The maximum Gasteiger partial charge on any atom is 0.261 e. The van der Waals surface area contributed by atoms with Crippen molar-refractivity contribution < 1.29 is 23.9 Å².